The molecule has 2 rings (SSSR count). The van der Waals surface area contributed by atoms with Gasteiger partial charge in [-0.3, -0.25) is 0 Å². The van der Waals surface area contributed by atoms with E-state index >= 15 is 0 Å². The molecule has 6 heteroatoms. The molecule has 17 heavy (non-hydrogen) atoms. The van der Waals surface area contributed by atoms with Crippen LogP contribution in [0.1, 0.15) is 18.3 Å². The summed E-state index contributed by atoms with van der Waals surface area (Å²) in [5.41, 5.74) is 7.42. The Morgan fingerprint density at radius 1 is 1.35 bits per heavy atom. The third kappa shape index (κ3) is 2.53. The number of ether oxygens (including phenoxy) is 1. The zero-order chi connectivity index (χ0) is 12.4. The van der Waals surface area contributed by atoms with Crippen LogP contribution in [0, 0.1) is 13.8 Å². The molecule has 1 saturated heterocycles. The van der Waals surface area contributed by atoms with Crippen molar-refractivity contribution < 1.29 is 4.74 Å². The lowest BCUT2D eigenvalue weighted by atomic mass is 10.2. The average molecular weight is 237 g/mol. The van der Waals surface area contributed by atoms with Crippen molar-refractivity contribution in [3.8, 4) is 0 Å². The van der Waals surface area contributed by atoms with E-state index in [1.54, 1.807) is 0 Å². The number of nitrogens with two attached hydrogens (primary N) is 1. The van der Waals surface area contributed by atoms with E-state index in [2.05, 4.69) is 27.0 Å². The molecule has 0 spiro atoms. The first-order valence-electron chi connectivity index (χ1n) is 5.88. The van der Waals surface area contributed by atoms with Crippen LogP contribution in [0.4, 0.5) is 5.95 Å². The van der Waals surface area contributed by atoms with E-state index in [-0.39, 0.29) is 12.1 Å². The van der Waals surface area contributed by atoms with Gasteiger partial charge in [0.15, 0.2) is 0 Å². The standard InChI is InChI=1S/C11H19N5O/c1-7-6-17-10(4-12)5-16(7)11-13-8(2)9(3)14-15-11/h7,10H,4-6,12H2,1-3H3. The van der Waals surface area contributed by atoms with Crippen molar-refractivity contribution in [3.05, 3.63) is 11.4 Å². The molecule has 1 fully saturated rings. The summed E-state index contributed by atoms with van der Waals surface area (Å²) >= 11 is 0. The second-order valence-corrected chi connectivity index (χ2v) is 4.48. The lowest BCUT2D eigenvalue weighted by Gasteiger charge is -2.37. The van der Waals surface area contributed by atoms with Gasteiger partial charge in [0.25, 0.3) is 0 Å². The van der Waals surface area contributed by atoms with Crippen molar-refractivity contribution in [2.24, 2.45) is 5.73 Å². The van der Waals surface area contributed by atoms with E-state index < -0.39 is 0 Å². The number of rotatable bonds is 2. The zero-order valence-electron chi connectivity index (χ0n) is 10.6. The van der Waals surface area contributed by atoms with Crippen molar-refractivity contribution in [1.29, 1.82) is 0 Å². The second-order valence-electron chi connectivity index (χ2n) is 4.48. The Hall–Kier alpha value is -1.27. The van der Waals surface area contributed by atoms with Crippen LogP contribution >= 0.6 is 0 Å². The molecule has 1 aromatic heterocycles. The Bertz CT molecular complexity index is 397. The molecule has 0 radical (unpaired) electrons. The Morgan fingerprint density at radius 2 is 2.12 bits per heavy atom. The number of aromatic nitrogens is 3. The van der Waals surface area contributed by atoms with Crippen molar-refractivity contribution >= 4 is 5.95 Å². The molecule has 0 amide bonds. The molecule has 1 aliphatic rings. The first kappa shape index (κ1) is 12.2. The number of hydrogen-bond donors (Lipinski definition) is 1. The Balaban J connectivity index is 2.21. The molecular weight excluding hydrogens is 218 g/mol. The van der Waals surface area contributed by atoms with Gasteiger partial charge in [-0.15, -0.1) is 5.10 Å². The fraction of sp³-hybridized carbons (Fsp3) is 0.727. The van der Waals surface area contributed by atoms with Gasteiger partial charge in [0, 0.05) is 13.1 Å². The molecule has 6 nitrogen and oxygen atoms in total. The molecule has 0 saturated carbocycles. The van der Waals surface area contributed by atoms with Crippen LogP contribution < -0.4 is 10.6 Å². The smallest absolute Gasteiger partial charge is 0.245 e. The highest BCUT2D eigenvalue weighted by Gasteiger charge is 2.27. The van der Waals surface area contributed by atoms with E-state index in [4.69, 9.17) is 10.5 Å². The molecule has 2 unspecified atom stereocenters. The predicted molar refractivity (Wildman–Crippen MR) is 64.9 cm³/mol. The van der Waals surface area contributed by atoms with E-state index in [9.17, 15) is 0 Å². The van der Waals surface area contributed by atoms with Gasteiger partial charge in [-0.25, -0.2) is 4.98 Å². The third-order valence-corrected chi connectivity index (χ3v) is 3.11. The first-order chi connectivity index (χ1) is 8.11. The average Bonchev–Trinajstić information content (AvgIpc) is 2.33. The van der Waals surface area contributed by atoms with Gasteiger partial charge in [-0.1, -0.05) is 0 Å². The number of hydrogen-bond acceptors (Lipinski definition) is 6. The van der Waals surface area contributed by atoms with Crippen LogP contribution in [0.5, 0.6) is 0 Å². The molecule has 0 aliphatic carbocycles. The topological polar surface area (TPSA) is 77.2 Å². The zero-order valence-corrected chi connectivity index (χ0v) is 10.6. The van der Waals surface area contributed by atoms with Crippen LogP contribution in [-0.4, -0.2) is 47.0 Å². The Labute approximate surface area is 101 Å². The van der Waals surface area contributed by atoms with Gasteiger partial charge in [0.05, 0.1) is 30.1 Å². The van der Waals surface area contributed by atoms with Crippen molar-refractivity contribution in [3.63, 3.8) is 0 Å². The minimum atomic E-state index is 0.0522. The van der Waals surface area contributed by atoms with Crippen molar-refractivity contribution in [2.75, 3.05) is 24.6 Å². The summed E-state index contributed by atoms with van der Waals surface area (Å²) in [6, 6.07) is 0.252. The number of nitrogens with zero attached hydrogens (tertiary/aromatic N) is 4. The largest absolute Gasteiger partial charge is 0.373 e. The summed E-state index contributed by atoms with van der Waals surface area (Å²) in [6.45, 7) is 7.83. The monoisotopic (exact) mass is 237 g/mol. The fourth-order valence-electron chi connectivity index (χ4n) is 1.81. The van der Waals surface area contributed by atoms with Gasteiger partial charge >= 0.3 is 0 Å². The van der Waals surface area contributed by atoms with Crippen LogP contribution in [0.25, 0.3) is 0 Å². The summed E-state index contributed by atoms with van der Waals surface area (Å²) in [5.74, 6) is 0.669. The SMILES string of the molecule is Cc1nnc(N2CC(CN)OCC2C)nc1C. The molecule has 0 bridgehead atoms. The quantitative estimate of drug-likeness (QED) is 0.782. The highest BCUT2D eigenvalue weighted by atomic mass is 16.5. The lowest BCUT2D eigenvalue weighted by molar-refractivity contribution is 0.0275. The van der Waals surface area contributed by atoms with E-state index in [0.717, 1.165) is 17.9 Å². The van der Waals surface area contributed by atoms with Gasteiger partial charge in [-0.05, 0) is 20.8 Å². The fourth-order valence-corrected chi connectivity index (χ4v) is 1.81. The maximum absolute atomic E-state index is 5.63. The molecule has 1 aliphatic heterocycles. The highest BCUT2D eigenvalue weighted by molar-refractivity contribution is 5.32. The van der Waals surface area contributed by atoms with Crippen molar-refractivity contribution in [2.45, 2.75) is 32.9 Å². The number of anilines is 1. The summed E-state index contributed by atoms with van der Waals surface area (Å²) in [7, 11) is 0. The summed E-state index contributed by atoms with van der Waals surface area (Å²) < 4.78 is 5.60. The molecular formula is C11H19N5O. The molecule has 1 aromatic rings. The summed E-state index contributed by atoms with van der Waals surface area (Å²) in [6.07, 6.45) is 0.0522. The normalized spacial score (nSPS) is 25.1. The van der Waals surface area contributed by atoms with Crippen LogP contribution in [0.15, 0.2) is 0 Å². The predicted octanol–water partition coefficient (Wildman–Crippen LogP) is 0.0408. The minimum absolute atomic E-state index is 0.0522. The first-order valence-corrected chi connectivity index (χ1v) is 5.88. The van der Waals surface area contributed by atoms with Crippen LogP contribution in [0.3, 0.4) is 0 Å². The molecule has 94 valence electrons. The van der Waals surface area contributed by atoms with Crippen LogP contribution in [-0.2, 0) is 4.74 Å². The van der Waals surface area contributed by atoms with Gasteiger partial charge < -0.3 is 15.4 Å². The lowest BCUT2D eigenvalue weighted by Crippen LogP contribution is -2.51. The summed E-state index contributed by atoms with van der Waals surface area (Å²) in [4.78, 5) is 6.58. The van der Waals surface area contributed by atoms with E-state index in [1.165, 1.54) is 0 Å². The highest BCUT2D eigenvalue weighted by Crippen LogP contribution is 2.17. The maximum Gasteiger partial charge on any atom is 0.245 e. The second kappa shape index (κ2) is 4.93. The molecule has 2 N–H and O–H groups in total. The van der Waals surface area contributed by atoms with Gasteiger partial charge in [0.1, 0.15) is 0 Å². The molecule has 2 heterocycles. The van der Waals surface area contributed by atoms with Gasteiger partial charge in [-0.2, -0.15) is 5.10 Å². The van der Waals surface area contributed by atoms with E-state index in [0.29, 0.717) is 19.1 Å². The third-order valence-electron chi connectivity index (χ3n) is 3.11. The minimum Gasteiger partial charge on any atom is -0.373 e. The summed E-state index contributed by atoms with van der Waals surface area (Å²) in [5, 5.41) is 8.26. The van der Waals surface area contributed by atoms with Gasteiger partial charge in [0.2, 0.25) is 5.95 Å². The maximum atomic E-state index is 5.63. The van der Waals surface area contributed by atoms with Crippen LogP contribution in [0.2, 0.25) is 0 Å². The Kier molecular flexibility index (Phi) is 3.54. The number of morpholine rings is 1. The van der Waals surface area contributed by atoms with E-state index in [1.807, 2.05) is 13.8 Å². The van der Waals surface area contributed by atoms with Crippen molar-refractivity contribution in [1.82, 2.24) is 15.2 Å². The number of aryl methyl sites for hydroxylation is 2. The Morgan fingerprint density at radius 3 is 2.76 bits per heavy atom. The molecule has 2 atom stereocenters. The molecule has 0 aromatic carbocycles.